The molecule has 1 atom stereocenters. The standard InChI is InChI=1S/C14H18BrNO/c1-3-9-16(10-4-2)11-14(17)12-5-7-13(15)8-6-12/h3-8,14,17H,1-2,9-11H2. The van der Waals surface area contributed by atoms with Gasteiger partial charge in [0.05, 0.1) is 6.10 Å². The van der Waals surface area contributed by atoms with Gasteiger partial charge in [-0.3, -0.25) is 4.90 Å². The van der Waals surface area contributed by atoms with Crippen molar-refractivity contribution in [2.45, 2.75) is 6.10 Å². The van der Waals surface area contributed by atoms with Crippen molar-refractivity contribution in [3.05, 3.63) is 59.6 Å². The van der Waals surface area contributed by atoms with Gasteiger partial charge in [0.15, 0.2) is 0 Å². The van der Waals surface area contributed by atoms with E-state index in [2.05, 4.69) is 34.0 Å². The third-order valence-corrected chi connectivity index (χ3v) is 2.99. The molecule has 0 radical (unpaired) electrons. The zero-order valence-corrected chi connectivity index (χ0v) is 11.4. The van der Waals surface area contributed by atoms with Gasteiger partial charge in [0.1, 0.15) is 0 Å². The molecule has 0 bridgehead atoms. The quantitative estimate of drug-likeness (QED) is 0.781. The Morgan fingerprint density at radius 3 is 2.18 bits per heavy atom. The van der Waals surface area contributed by atoms with Crippen LogP contribution in [-0.2, 0) is 0 Å². The molecular formula is C14H18BrNO. The molecule has 1 aromatic carbocycles. The van der Waals surface area contributed by atoms with Crippen molar-refractivity contribution in [3.8, 4) is 0 Å². The molecule has 0 fully saturated rings. The minimum absolute atomic E-state index is 0.483. The molecule has 92 valence electrons. The van der Waals surface area contributed by atoms with Crippen LogP contribution in [-0.4, -0.2) is 29.6 Å². The number of aliphatic hydroxyl groups is 1. The van der Waals surface area contributed by atoms with E-state index in [1.54, 1.807) is 0 Å². The lowest BCUT2D eigenvalue weighted by atomic mass is 10.1. The highest BCUT2D eigenvalue weighted by Crippen LogP contribution is 2.17. The first kappa shape index (κ1) is 14.2. The second kappa shape index (κ2) is 7.43. The number of benzene rings is 1. The fourth-order valence-electron chi connectivity index (χ4n) is 1.62. The summed E-state index contributed by atoms with van der Waals surface area (Å²) in [7, 11) is 0. The van der Waals surface area contributed by atoms with Gasteiger partial charge in [-0.05, 0) is 17.7 Å². The molecule has 0 saturated heterocycles. The Kier molecular flexibility index (Phi) is 6.19. The molecule has 3 heteroatoms. The van der Waals surface area contributed by atoms with Gasteiger partial charge in [0.2, 0.25) is 0 Å². The average Bonchev–Trinajstić information content (AvgIpc) is 2.30. The van der Waals surface area contributed by atoms with E-state index in [1.807, 2.05) is 36.4 Å². The summed E-state index contributed by atoms with van der Waals surface area (Å²) >= 11 is 3.38. The predicted octanol–water partition coefficient (Wildman–Crippen LogP) is 3.16. The highest BCUT2D eigenvalue weighted by Gasteiger charge is 2.11. The molecule has 0 aromatic heterocycles. The molecule has 0 heterocycles. The Bertz CT molecular complexity index is 351. The lowest BCUT2D eigenvalue weighted by Crippen LogP contribution is -2.29. The van der Waals surface area contributed by atoms with Crippen LogP contribution in [0.25, 0.3) is 0 Å². The highest BCUT2D eigenvalue weighted by molar-refractivity contribution is 9.10. The lowest BCUT2D eigenvalue weighted by molar-refractivity contribution is 0.125. The normalized spacial score (nSPS) is 12.4. The third kappa shape index (κ3) is 4.86. The van der Waals surface area contributed by atoms with Gasteiger partial charge in [-0.2, -0.15) is 0 Å². The Balaban J connectivity index is 2.62. The van der Waals surface area contributed by atoms with E-state index in [-0.39, 0.29) is 0 Å². The second-order valence-corrected chi connectivity index (χ2v) is 4.78. The summed E-state index contributed by atoms with van der Waals surface area (Å²) in [5.74, 6) is 0. The van der Waals surface area contributed by atoms with E-state index in [4.69, 9.17) is 0 Å². The maximum atomic E-state index is 10.1. The number of rotatable bonds is 7. The van der Waals surface area contributed by atoms with E-state index < -0.39 is 6.10 Å². The number of hydrogen-bond donors (Lipinski definition) is 1. The zero-order valence-electron chi connectivity index (χ0n) is 9.85. The molecule has 2 nitrogen and oxygen atoms in total. The van der Waals surface area contributed by atoms with Crippen LogP contribution >= 0.6 is 15.9 Å². The maximum Gasteiger partial charge on any atom is 0.0917 e. The molecule has 0 saturated carbocycles. The summed E-state index contributed by atoms with van der Waals surface area (Å²) in [6.07, 6.45) is 3.18. The fraction of sp³-hybridized carbons (Fsp3) is 0.286. The maximum absolute atomic E-state index is 10.1. The molecule has 0 aliphatic carbocycles. The number of nitrogens with zero attached hydrogens (tertiary/aromatic N) is 1. The van der Waals surface area contributed by atoms with Gasteiger partial charge >= 0.3 is 0 Å². The third-order valence-electron chi connectivity index (χ3n) is 2.46. The Hall–Kier alpha value is -0.900. The summed E-state index contributed by atoms with van der Waals surface area (Å²) in [5.41, 5.74) is 0.923. The predicted molar refractivity (Wildman–Crippen MR) is 75.9 cm³/mol. The highest BCUT2D eigenvalue weighted by atomic mass is 79.9. The van der Waals surface area contributed by atoms with E-state index in [0.29, 0.717) is 6.54 Å². The van der Waals surface area contributed by atoms with Gasteiger partial charge in [0, 0.05) is 24.1 Å². The second-order valence-electron chi connectivity index (χ2n) is 3.86. The average molecular weight is 296 g/mol. The topological polar surface area (TPSA) is 23.5 Å². The fourth-order valence-corrected chi connectivity index (χ4v) is 1.89. The van der Waals surface area contributed by atoms with Gasteiger partial charge in [-0.1, -0.05) is 40.2 Å². The Morgan fingerprint density at radius 1 is 1.18 bits per heavy atom. The molecule has 0 aliphatic rings. The van der Waals surface area contributed by atoms with Crippen LogP contribution in [0.15, 0.2) is 54.0 Å². The molecule has 0 aliphatic heterocycles. The van der Waals surface area contributed by atoms with Crippen molar-refractivity contribution in [2.75, 3.05) is 19.6 Å². The molecule has 17 heavy (non-hydrogen) atoms. The van der Waals surface area contributed by atoms with E-state index in [9.17, 15) is 5.11 Å². The van der Waals surface area contributed by atoms with Crippen LogP contribution < -0.4 is 0 Å². The smallest absolute Gasteiger partial charge is 0.0917 e. The van der Waals surface area contributed by atoms with E-state index in [1.165, 1.54) is 0 Å². The van der Waals surface area contributed by atoms with Crippen LogP contribution in [0.3, 0.4) is 0 Å². The molecule has 0 amide bonds. The molecule has 1 unspecified atom stereocenters. The molecule has 1 rings (SSSR count). The first-order valence-corrected chi connectivity index (χ1v) is 6.34. The Morgan fingerprint density at radius 2 is 1.71 bits per heavy atom. The van der Waals surface area contributed by atoms with E-state index in [0.717, 1.165) is 23.1 Å². The van der Waals surface area contributed by atoms with E-state index >= 15 is 0 Å². The van der Waals surface area contributed by atoms with Crippen LogP contribution in [0, 0.1) is 0 Å². The SMILES string of the molecule is C=CCN(CC=C)CC(O)c1ccc(Br)cc1. The van der Waals surface area contributed by atoms with Crippen LogP contribution in [0.1, 0.15) is 11.7 Å². The van der Waals surface area contributed by atoms with Crippen LogP contribution in [0.5, 0.6) is 0 Å². The molecule has 1 aromatic rings. The Labute approximate surface area is 111 Å². The van der Waals surface area contributed by atoms with Crippen molar-refractivity contribution >= 4 is 15.9 Å². The molecular weight excluding hydrogens is 278 g/mol. The van der Waals surface area contributed by atoms with Crippen molar-refractivity contribution in [1.29, 1.82) is 0 Å². The van der Waals surface area contributed by atoms with Crippen molar-refractivity contribution in [2.24, 2.45) is 0 Å². The first-order chi connectivity index (χ1) is 8.17. The minimum atomic E-state index is -0.483. The van der Waals surface area contributed by atoms with Gasteiger partial charge in [0.25, 0.3) is 0 Å². The number of hydrogen-bond acceptors (Lipinski definition) is 2. The van der Waals surface area contributed by atoms with Crippen LogP contribution in [0.2, 0.25) is 0 Å². The molecule has 0 spiro atoms. The summed E-state index contributed by atoms with van der Waals surface area (Å²) in [5, 5.41) is 10.1. The first-order valence-electron chi connectivity index (χ1n) is 5.55. The summed E-state index contributed by atoms with van der Waals surface area (Å²) in [4.78, 5) is 2.09. The van der Waals surface area contributed by atoms with Crippen LogP contribution in [0.4, 0.5) is 0 Å². The van der Waals surface area contributed by atoms with Gasteiger partial charge < -0.3 is 5.11 Å². The largest absolute Gasteiger partial charge is 0.387 e. The monoisotopic (exact) mass is 295 g/mol. The number of aliphatic hydroxyl groups excluding tert-OH is 1. The molecule has 1 N–H and O–H groups in total. The van der Waals surface area contributed by atoms with Crippen molar-refractivity contribution in [3.63, 3.8) is 0 Å². The van der Waals surface area contributed by atoms with Gasteiger partial charge in [-0.25, -0.2) is 0 Å². The minimum Gasteiger partial charge on any atom is -0.387 e. The van der Waals surface area contributed by atoms with Crippen molar-refractivity contribution in [1.82, 2.24) is 4.90 Å². The number of halogens is 1. The van der Waals surface area contributed by atoms with Crippen molar-refractivity contribution < 1.29 is 5.11 Å². The zero-order chi connectivity index (χ0) is 12.7. The lowest BCUT2D eigenvalue weighted by Gasteiger charge is -2.22. The van der Waals surface area contributed by atoms with Gasteiger partial charge in [-0.15, -0.1) is 13.2 Å². The summed E-state index contributed by atoms with van der Waals surface area (Å²) < 4.78 is 1.02. The summed E-state index contributed by atoms with van der Waals surface area (Å²) in [6, 6.07) is 7.72. The summed E-state index contributed by atoms with van der Waals surface area (Å²) in [6.45, 7) is 9.50.